The molecule has 0 radical (unpaired) electrons. The Hall–Kier alpha value is -2.12. The molecule has 0 aromatic heterocycles. The zero-order chi connectivity index (χ0) is 14.9. The molecule has 1 aliphatic carbocycles. The lowest BCUT2D eigenvalue weighted by Crippen LogP contribution is -2.40. The van der Waals surface area contributed by atoms with E-state index in [1.54, 1.807) is 36.2 Å². The summed E-state index contributed by atoms with van der Waals surface area (Å²) >= 11 is 0. The normalized spacial score (nSPS) is 19.3. The van der Waals surface area contributed by atoms with Crippen LogP contribution in [0.3, 0.4) is 0 Å². The molecule has 108 valence electrons. The maximum absolute atomic E-state index is 12.5. The Morgan fingerprint density at radius 1 is 1.29 bits per heavy atom. The summed E-state index contributed by atoms with van der Waals surface area (Å²) in [6.07, 6.45) is 5.03. The number of hydrogen-bond donors (Lipinski definition) is 0. The van der Waals surface area contributed by atoms with Gasteiger partial charge in [-0.3, -0.25) is 4.79 Å². The third-order valence-electron chi connectivity index (χ3n) is 4.47. The molecule has 0 N–H and O–H groups in total. The van der Waals surface area contributed by atoms with Crippen LogP contribution in [0.2, 0.25) is 0 Å². The van der Waals surface area contributed by atoms with Crippen LogP contribution < -0.4 is 4.90 Å². The van der Waals surface area contributed by atoms with Gasteiger partial charge >= 0.3 is 0 Å². The Labute approximate surface area is 124 Å². The number of carbonyl (C=O) groups is 1. The van der Waals surface area contributed by atoms with E-state index in [-0.39, 0.29) is 11.3 Å². The van der Waals surface area contributed by atoms with Crippen LogP contribution in [0.4, 0.5) is 5.69 Å². The summed E-state index contributed by atoms with van der Waals surface area (Å²) < 4.78 is 5.38. The second-order valence-corrected chi connectivity index (χ2v) is 5.84. The van der Waals surface area contributed by atoms with Gasteiger partial charge in [0.1, 0.15) is 0 Å². The Bertz CT molecular complexity index is 619. The lowest BCUT2D eigenvalue weighted by Gasteiger charge is -2.42. The minimum Gasteiger partial charge on any atom is -0.381 e. The summed E-state index contributed by atoms with van der Waals surface area (Å²) in [5.41, 5.74) is 2.51. The number of benzene rings is 1. The third kappa shape index (κ3) is 2.57. The maximum atomic E-state index is 12.5. The highest BCUT2D eigenvalue weighted by atomic mass is 16.5. The highest BCUT2D eigenvalue weighted by molar-refractivity contribution is 6.06. The molecule has 0 saturated carbocycles. The van der Waals surface area contributed by atoms with Crippen molar-refractivity contribution in [2.24, 2.45) is 5.41 Å². The Balaban J connectivity index is 1.71. The predicted octanol–water partition coefficient (Wildman–Crippen LogP) is 2.65. The molecule has 1 heterocycles. The molecule has 2 aliphatic rings. The topological polar surface area (TPSA) is 53.3 Å². The number of allylic oxidation sites excluding steroid dienone is 1. The highest BCUT2D eigenvalue weighted by Gasteiger charge is 2.41. The Morgan fingerprint density at radius 2 is 1.90 bits per heavy atom. The van der Waals surface area contributed by atoms with Crippen LogP contribution in [-0.4, -0.2) is 26.2 Å². The molecule has 1 aromatic carbocycles. The van der Waals surface area contributed by atoms with Crippen LogP contribution in [0.5, 0.6) is 0 Å². The van der Waals surface area contributed by atoms with Gasteiger partial charge in [-0.25, -0.2) is 0 Å². The maximum Gasteiger partial charge on any atom is 0.253 e. The smallest absolute Gasteiger partial charge is 0.253 e. The SMILES string of the molecule is CN(C(=O)C1=CC2(CCOCC2)C1)c1ccc(C#N)cc1. The number of rotatable bonds is 2. The van der Waals surface area contributed by atoms with Crippen LogP contribution in [0.25, 0.3) is 0 Å². The molecule has 0 unspecified atom stereocenters. The predicted molar refractivity (Wildman–Crippen MR) is 79.8 cm³/mol. The quantitative estimate of drug-likeness (QED) is 0.838. The van der Waals surface area contributed by atoms with Crippen molar-refractivity contribution in [2.75, 3.05) is 25.2 Å². The van der Waals surface area contributed by atoms with Gasteiger partial charge in [0.15, 0.2) is 0 Å². The van der Waals surface area contributed by atoms with E-state index in [4.69, 9.17) is 10.00 Å². The second-order valence-electron chi connectivity index (χ2n) is 5.84. The molecule has 3 rings (SSSR count). The fourth-order valence-electron chi connectivity index (χ4n) is 3.05. The van der Waals surface area contributed by atoms with E-state index in [9.17, 15) is 4.79 Å². The summed E-state index contributed by atoms with van der Waals surface area (Å²) in [7, 11) is 1.78. The Kier molecular flexibility index (Phi) is 3.52. The molecule has 4 nitrogen and oxygen atoms in total. The molecule has 1 amide bonds. The number of nitrogens with zero attached hydrogens (tertiary/aromatic N) is 2. The minimum absolute atomic E-state index is 0.0526. The molecule has 4 heteroatoms. The third-order valence-corrected chi connectivity index (χ3v) is 4.47. The first-order chi connectivity index (χ1) is 10.1. The standard InChI is InChI=1S/C17H18N2O2/c1-19(15-4-2-13(12-18)3-5-15)16(20)14-10-17(11-14)6-8-21-9-7-17/h2-5,10H,6-9,11H2,1H3. The number of hydrogen-bond acceptors (Lipinski definition) is 3. The highest BCUT2D eigenvalue weighted by Crippen LogP contribution is 2.47. The monoisotopic (exact) mass is 282 g/mol. The van der Waals surface area contributed by atoms with Gasteiger partial charge in [0.05, 0.1) is 11.6 Å². The zero-order valence-electron chi connectivity index (χ0n) is 12.1. The van der Waals surface area contributed by atoms with Crippen molar-refractivity contribution in [3.05, 3.63) is 41.5 Å². The summed E-state index contributed by atoms with van der Waals surface area (Å²) in [4.78, 5) is 14.1. The first kappa shape index (κ1) is 13.8. The van der Waals surface area contributed by atoms with E-state index >= 15 is 0 Å². The zero-order valence-corrected chi connectivity index (χ0v) is 12.1. The molecule has 1 aliphatic heterocycles. The molecule has 0 bridgehead atoms. The lowest BCUT2D eigenvalue weighted by molar-refractivity contribution is -0.116. The average Bonchev–Trinajstić information content (AvgIpc) is 2.52. The van der Waals surface area contributed by atoms with Gasteiger partial charge in [-0.05, 0) is 48.9 Å². The summed E-state index contributed by atoms with van der Waals surface area (Å²) in [5, 5.41) is 8.80. The number of amides is 1. The molecule has 1 saturated heterocycles. The van der Waals surface area contributed by atoms with Crippen molar-refractivity contribution in [1.82, 2.24) is 0 Å². The summed E-state index contributed by atoms with van der Waals surface area (Å²) in [5.74, 6) is 0.0526. The summed E-state index contributed by atoms with van der Waals surface area (Å²) in [6, 6.07) is 9.15. The fourth-order valence-corrected chi connectivity index (χ4v) is 3.05. The van der Waals surface area contributed by atoms with Gasteiger partial charge < -0.3 is 9.64 Å². The van der Waals surface area contributed by atoms with Gasteiger partial charge in [0, 0.05) is 31.5 Å². The fraction of sp³-hybridized carbons (Fsp3) is 0.412. The second kappa shape index (κ2) is 5.34. The van der Waals surface area contributed by atoms with E-state index in [0.717, 1.165) is 43.7 Å². The molecule has 1 spiro atoms. The van der Waals surface area contributed by atoms with Gasteiger partial charge in [-0.15, -0.1) is 0 Å². The first-order valence-electron chi connectivity index (χ1n) is 7.21. The van der Waals surface area contributed by atoms with Crippen molar-refractivity contribution in [1.29, 1.82) is 5.26 Å². The van der Waals surface area contributed by atoms with Gasteiger partial charge in [0.2, 0.25) is 0 Å². The molecule has 0 atom stereocenters. The number of carbonyl (C=O) groups excluding carboxylic acids is 1. The first-order valence-corrected chi connectivity index (χ1v) is 7.21. The van der Waals surface area contributed by atoms with Crippen LogP contribution in [0, 0.1) is 16.7 Å². The number of nitriles is 1. The molecule has 21 heavy (non-hydrogen) atoms. The largest absolute Gasteiger partial charge is 0.381 e. The lowest BCUT2D eigenvalue weighted by atomic mass is 9.66. The summed E-state index contributed by atoms with van der Waals surface area (Å²) in [6.45, 7) is 1.59. The van der Waals surface area contributed by atoms with Crippen molar-refractivity contribution in [3.63, 3.8) is 0 Å². The number of likely N-dealkylation sites (N-methyl/N-ethyl adjacent to an activating group) is 1. The van der Waals surface area contributed by atoms with Gasteiger partial charge in [-0.1, -0.05) is 6.08 Å². The Morgan fingerprint density at radius 3 is 2.48 bits per heavy atom. The van der Waals surface area contributed by atoms with E-state index in [2.05, 4.69) is 12.1 Å². The molecular weight excluding hydrogens is 264 g/mol. The van der Waals surface area contributed by atoms with Crippen molar-refractivity contribution >= 4 is 11.6 Å². The van der Waals surface area contributed by atoms with Gasteiger partial charge in [0.25, 0.3) is 5.91 Å². The average molecular weight is 282 g/mol. The van der Waals surface area contributed by atoms with Crippen LogP contribution >= 0.6 is 0 Å². The van der Waals surface area contributed by atoms with Crippen molar-refractivity contribution in [3.8, 4) is 6.07 Å². The van der Waals surface area contributed by atoms with E-state index in [1.807, 2.05) is 0 Å². The molecular formula is C17H18N2O2. The van der Waals surface area contributed by atoms with Crippen LogP contribution in [0.1, 0.15) is 24.8 Å². The molecule has 1 fully saturated rings. The van der Waals surface area contributed by atoms with E-state index < -0.39 is 0 Å². The molecule has 1 aromatic rings. The van der Waals surface area contributed by atoms with E-state index in [0.29, 0.717) is 5.56 Å². The number of anilines is 1. The minimum atomic E-state index is 0.0526. The van der Waals surface area contributed by atoms with Crippen molar-refractivity contribution in [2.45, 2.75) is 19.3 Å². The van der Waals surface area contributed by atoms with Gasteiger partial charge in [-0.2, -0.15) is 5.26 Å². The van der Waals surface area contributed by atoms with Crippen molar-refractivity contribution < 1.29 is 9.53 Å². The van der Waals surface area contributed by atoms with Crippen LogP contribution in [-0.2, 0) is 9.53 Å². The van der Waals surface area contributed by atoms with E-state index in [1.165, 1.54) is 0 Å². The van der Waals surface area contributed by atoms with Crippen LogP contribution in [0.15, 0.2) is 35.9 Å². The number of ether oxygens (including phenoxy) is 1.